The molecule has 2 aromatic heterocycles. The number of rotatable bonds is 4. The third-order valence-electron chi connectivity index (χ3n) is 2.81. The number of hydrogen-bond donors (Lipinski definition) is 3. The third kappa shape index (κ3) is 2.88. The Morgan fingerprint density at radius 3 is 2.75 bits per heavy atom. The normalized spacial score (nSPS) is 11.5. The van der Waals surface area contributed by atoms with E-state index in [9.17, 15) is 9.59 Å². The maximum Gasteiger partial charge on any atom is 0.263 e. The van der Waals surface area contributed by atoms with Crippen LogP contribution in [0.25, 0.3) is 10.1 Å². The number of carbonyl (C=O) groups is 2. The van der Waals surface area contributed by atoms with Gasteiger partial charge in [0.2, 0.25) is 5.91 Å². The number of aromatic nitrogens is 1. The summed E-state index contributed by atoms with van der Waals surface area (Å²) in [6, 6.07) is 1.77. The Kier molecular flexibility index (Phi) is 3.63. The van der Waals surface area contributed by atoms with Crippen molar-refractivity contribution in [3.8, 4) is 0 Å². The van der Waals surface area contributed by atoms with Crippen molar-refractivity contribution >= 4 is 38.9 Å². The van der Waals surface area contributed by atoms with Crippen LogP contribution in [0, 0.1) is 0 Å². The topological polar surface area (TPSA) is 111 Å². The standard InChI is InChI=1S/C13H16N4O2S/c1-13(2,5-9(14)18)17-12(19)11-10(15)7-3-4-16-6-8(7)20-11/h3-4,6H,5,15H2,1-2H3,(H2,14,18)(H,17,19). The Bertz CT molecular complexity index is 678. The predicted octanol–water partition coefficient (Wildman–Crippen LogP) is 1.26. The molecule has 106 valence electrons. The number of nitrogens with two attached hydrogens (primary N) is 2. The lowest BCUT2D eigenvalue weighted by molar-refractivity contribution is -0.119. The van der Waals surface area contributed by atoms with Gasteiger partial charge in [0.15, 0.2) is 0 Å². The van der Waals surface area contributed by atoms with Crippen LogP contribution in [0.3, 0.4) is 0 Å². The number of thiophene rings is 1. The molecule has 5 N–H and O–H groups in total. The second kappa shape index (κ2) is 5.09. The van der Waals surface area contributed by atoms with Crippen LogP contribution in [0.2, 0.25) is 0 Å². The van der Waals surface area contributed by atoms with Gasteiger partial charge in [-0.3, -0.25) is 14.6 Å². The molecule has 2 rings (SSSR count). The van der Waals surface area contributed by atoms with Crippen molar-refractivity contribution in [1.82, 2.24) is 10.3 Å². The van der Waals surface area contributed by atoms with E-state index in [1.165, 1.54) is 11.3 Å². The molecular formula is C13H16N4O2S. The molecule has 0 aliphatic rings. The van der Waals surface area contributed by atoms with Crippen LogP contribution < -0.4 is 16.8 Å². The molecule has 0 spiro atoms. The Balaban J connectivity index is 2.28. The fourth-order valence-corrected chi connectivity index (χ4v) is 2.97. The molecule has 0 saturated carbocycles. The lowest BCUT2D eigenvalue weighted by atomic mass is 10.00. The van der Waals surface area contributed by atoms with Crippen molar-refractivity contribution in [3.05, 3.63) is 23.3 Å². The number of fused-ring (bicyclic) bond motifs is 1. The smallest absolute Gasteiger partial charge is 0.263 e. The first-order chi connectivity index (χ1) is 9.30. The van der Waals surface area contributed by atoms with Gasteiger partial charge < -0.3 is 16.8 Å². The van der Waals surface area contributed by atoms with Gasteiger partial charge in [0.1, 0.15) is 4.88 Å². The van der Waals surface area contributed by atoms with Crippen molar-refractivity contribution in [2.75, 3.05) is 5.73 Å². The highest BCUT2D eigenvalue weighted by atomic mass is 32.1. The number of pyridine rings is 1. The van der Waals surface area contributed by atoms with Gasteiger partial charge in [0.05, 0.1) is 10.4 Å². The van der Waals surface area contributed by atoms with E-state index in [2.05, 4.69) is 10.3 Å². The first kappa shape index (κ1) is 14.3. The number of nitrogens with zero attached hydrogens (tertiary/aromatic N) is 1. The van der Waals surface area contributed by atoms with E-state index in [-0.39, 0.29) is 12.3 Å². The highest BCUT2D eigenvalue weighted by Crippen LogP contribution is 2.33. The molecule has 0 aromatic carbocycles. The highest BCUT2D eigenvalue weighted by molar-refractivity contribution is 7.21. The van der Waals surface area contributed by atoms with Gasteiger partial charge in [0.25, 0.3) is 5.91 Å². The second-order valence-electron chi connectivity index (χ2n) is 5.20. The van der Waals surface area contributed by atoms with Crippen LogP contribution in [0.15, 0.2) is 18.5 Å². The van der Waals surface area contributed by atoms with Crippen LogP contribution in [-0.4, -0.2) is 22.3 Å². The summed E-state index contributed by atoms with van der Waals surface area (Å²) in [5.41, 5.74) is 10.9. The van der Waals surface area contributed by atoms with Crippen molar-refractivity contribution in [2.45, 2.75) is 25.8 Å². The van der Waals surface area contributed by atoms with Crippen LogP contribution in [0.4, 0.5) is 5.69 Å². The fraction of sp³-hybridized carbons (Fsp3) is 0.308. The predicted molar refractivity (Wildman–Crippen MR) is 79.4 cm³/mol. The molecule has 2 amide bonds. The Morgan fingerprint density at radius 2 is 2.15 bits per heavy atom. The van der Waals surface area contributed by atoms with E-state index in [1.54, 1.807) is 32.3 Å². The zero-order chi connectivity index (χ0) is 14.9. The second-order valence-corrected chi connectivity index (χ2v) is 6.25. The molecule has 0 radical (unpaired) electrons. The summed E-state index contributed by atoms with van der Waals surface area (Å²) in [5.74, 6) is -0.779. The van der Waals surface area contributed by atoms with Crippen LogP contribution in [-0.2, 0) is 4.79 Å². The van der Waals surface area contributed by atoms with Crippen molar-refractivity contribution in [3.63, 3.8) is 0 Å². The number of hydrogen-bond acceptors (Lipinski definition) is 5. The molecule has 0 aliphatic carbocycles. The van der Waals surface area contributed by atoms with Gasteiger partial charge in [-0.25, -0.2) is 0 Å². The molecule has 0 unspecified atom stereocenters. The summed E-state index contributed by atoms with van der Waals surface area (Å²) in [4.78, 5) is 27.7. The summed E-state index contributed by atoms with van der Waals surface area (Å²) < 4.78 is 0.850. The molecule has 6 nitrogen and oxygen atoms in total. The SMILES string of the molecule is CC(C)(CC(N)=O)NC(=O)c1sc2cnccc2c1N. The first-order valence-electron chi connectivity index (χ1n) is 6.03. The highest BCUT2D eigenvalue weighted by Gasteiger charge is 2.26. The molecule has 2 heterocycles. The van der Waals surface area contributed by atoms with Gasteiger partial charge in [-0.2, -0.15) is 0 Å². The van der Waals surface area contributed by atoms with Gasteiger partial charge in [0, 0.05) is 29.7 Å². The van der Waals surface area contributed by atoms with Gasteiger partial charge in [-0.15, -0.1) is 11.3 Å². The minimum absolute atomic E-state index is 0.0606. The number of amides is 2. The Labute approximate surface area is 120 Å². The quantitative estimate of drug-likeness (QED) is 0.787. The number of primary amides is 1. The molecular weight excluding hydrogens is 276 g/mol. The Morgan fingerprint density at radius 1 is 1.45 bits per heavy atom. The van der Waals surface area contributed by atoms with E-state index < -0.39 is 11.4 Å². The van der Waals surface area contributed by atoms with Gasteiger partial charge >= 0.3 is 0 Å². The average molecular weight is 292 g/mol. The number of anilines is 1. The summed E-state index contributed by atoms with van der Waals surface area (Å²) in [5, 5.41) is 3.58. The molecule has 0 aliphatic heterocycles. The van der Waals surface area contributed by atoms with E-state index >= 15 is 0 Å². The third-order valence-corrected chi connectivity index (χ3v) is 3.96. The van der Waals surface area contributed by atoms with Crippen LogP contribution >= 0.6 is 11.3 Å². The summed E-state index contributed by atoms with van der Waals surface area (Å²) in [7, 11) is 0. The lowest BCUT2D eigenvalue weighted by Gasteiger charge is -2.24. The first-order valence-corrected chi connectivity index (χ1v) is 6.84. The average Bonchev–Trinajstić information content (AvgIpc) is 2.65. The van der Waals surface area contributed by atoms with Crippen molar-refractivity contribution < 1.29 is 9.59 Å². The number of nitrogens with one attached hydrogen (secondary N) is 1. The van der Waals surface area contributed by atoms with E-state index in [0.717, 1.165) is 10.1 Å². The zero-order valence-corrected chi connectivity index (χ0v) is 12.1. The largest absolute Gasteiger partial charge is 0.397 e. The molecule has 20 heavy (non-hydrogen) atoms. The summed E-state index contributed by atoms with van der Waals surface area (Å²) in [6.07, 6.45) is 3.36. The monoisotopic (exact) mass is 292 g/mol. The minimum atomic E-state index is -0.718. The van der Waals surface area contributed by atoms with E-state index in [4.69, 9.17) is 11.5 Å². The molecule has 0 fully saturated rings. The summed E-state index contributed by atoms with van der Waals surface area (Å²) in [6.45, 7) is 3.47. The Hall–Kier alpha value is -2.15. The minimum Gasteiger partial charge on any atom is -0.397 e. The number of nitrogen functional groups attached to an aromatic ring is 1. The molecule has 0 bridgehead atoms. The van der Waals surface area contributed by atoms with Crippen LogP contribution in [0.5, 0.6) is 0 Å². The summed E-state index contributed by atoms with van der Waals surface area (Å²) >= 11 is 1.28. The fourth-order valence-electron chi connectivity index (χ4n) is 1.98. The maximum absolute atomic E-state index is 12.3. The molecule has 0 atom stereocenters. The van der Waals surface area contributed by atoms with Crippen LogP contribution in [0.1, 0.15) is 29.9 Å². The zero-order valence-electron chi connectivity index (χ0n) is 11.3. The van der Waals surface area contributed by atoms with Gasteiger partial charge in [-0.05, 0) is 19.9 Å². The molecule has 0 saturated heterocycles. The molecule has 2 aromatic rings. The lowest BCUT2D eigenvalue weighted by Crippen LogP contribution is -2.45. The number of carbonyl (C=O) groups excluding carboxylic acids is 2. The molecule has 7 heteroatoms. The maximum atomic E-state index is 12.3. The van der Waals surface area contributed by atoms with Crippen molar-refractivity contribution in [1.29, 1.82) is 0 Å². The van der Waals surface area contributed by atoms with Gasteiger partial charge in [-0.1, -0.05) is 0 Å². The van der Waals surface area contributed by atoms with E-state index in [0.29, 0.717) is 10.6 Å². The van der Waals surface area contributed by atoms with Crippen molar-refractivity contribution in [2.24, 2.45) is 5.73 Å². The van der Waals surface area contributed by atoms with E-state index in [1.807, 2.05) is 0 Å².